The van der Waals surface area contributed by atoms with E-state index in [1.54, 1.807) is 0 Å². The Morgan fingerprint density at radius 2 is 2.33 bits per heavy atom. The van der Waals surface area contributed by atoms with Crippen LogP contribution in [-0.2, 0) is 0 Å². The Morgan fingerprint density at radius 1 is 1.44 bits per heavy atom. The van der Waals surface area contributed by atoms with Gasteiger partial charge in [-0.05, 0) is 62.2 Å². The Labute approximate surface area is 109 Å². The van der Waals surface area contributed by atoms with E-state index in [2.05, 4.69) is 22.0 Å². The topological polar surface area (TPSA) is 42.1 Å². The first-order chi connectivity index (χ1) is 8.83. The van der Waals surface area contributed by atoms with Gasteiger partial charge in [0.25, 0.3) is 0 Å². The summed E-state index contributed by atoms with van der Waals surface area (Å²) in [7, 11) is 0. The van der Waals surface area contributed by atoms with Crippen molar-refractivity contribution in [3.8, 4) is 0 Å². The first-order valence-corrected chi connectivity index (χ1v) is 7.17. The molecule has 3 heteroatoms. The molecule has 18 heavy (non-hydrogen) atoms. The van der Waals surface area contributed by atoms with E-state index in [1.165, 1.54) is 50.8 Å². The average molecular weight is 245 g/mol. The fourth-order valence-corrected chi connectivity index (χ4v) is 3.37. The second-order valence-electron chi connectivity index (χ2n) is 5.95. The summed E-state index contributed by atoms with van der Waals surface area (Å²) in [4.78, 5) is 6.93. The van der Waals surface area contributed by atoms with Crippen molar-refractivity contribution in [2.45, 2.75) is 38.1 Å². The summed E-state index contributed by atoms with van der Waals surface area (Å²) in [5.74, 6) is 0. The van der Waals surface area contributed by atoms with Crippen LogP contribution >= 0.6 is 0 Å². The zero-order valence-electron chi connectivity index (χ0n) is 11.0. The van der Waals surface area contributed by atoms with Gasteiger partial charge >= 0.3 is 0 Å². The smallest absolute Gasteiger partial charge is 0.0364 e. The van der Waals surface area contributed by atoms with Crippen LogP contribution in [0, 0.1) is 5.41 Å². The molecular weight excluding hydrogens is 222 g/mol. The third-order valence-corrected chi connectivity index (χ3v) is 4.60. The number of hydrogen-bond acceptors (Lipinski definition) is 3. The molecule has 98 valence electrons. The van der Waals surface area contributed by atoms with Gasteiger partial charge in [0, 0.05) is 25.0 Å². The van der Waals surface area contributed by atoms with E-state index in [0.717, 1.165) is 6.54 Å². The molecule has 1 saturated heterocycles. The summed E-state index contributed by atoms with van der Waals surface area (Å²) < 4.78 is 0. The number of hydrogen-bond donors (Lipinski definition) is 1. The average Bonchev–Trinajstić information content (AvgIpc) is 3.00. The number of pyridine rings is 1. The molecule has 1 aliphatic carbocycles. The zero-order valence-corrected chi connectivity index (χ0v) is 11.0. The molecule has 1 atom stereocenters. The monoisotopic (exact) mass is 245 g/mol. The van der Waals surface area contributed by atoms with E-state index >= 15 is 0 Å². The molecule has 1 unspecified atom stereocenters. The van der Waals surface area contributed by atoms with Crippen LogP contribution in [0.5, 0.6) is 0 Å². The van der Waals surface area contributed by atoms with Crippen LogP contribution in [0.4, 0.5) is 0 Å². The normalized spacial score (nSPS) is 26.4. The van der Waals surface area contributed by atoms with Crippen molar-refractivity contribution in [1.29, 1.82) is 0 Å². The Bertz CT molecular complexity index is 386. The highest BCUT2D eigenvalue weighted by molar-refractivity contribution is 5.16. The Morgan fingerprint density at radius 3 is 3.00 bits per heavy atom. The van der Waals surface area contributed by atoms with Crippen molar-refractivity contribution in [3.63, 3.8) is 0 Å². The van der Waals surface area contributed by atoms with E-state index in [-0.39, 0.29) is 0 Å². The highest BCUT2D eigenvalue weighted by Gasteiger charge is 2.44. The Kier molecular flexibility index (Phi) is 3.35. The highest BCUT2D eigenvalue weighted by atomic mass is 15.2. The van der Waals surface area contributed by atoms with Crippen molar-refractivity contribution >= 4 is 0 Å². The van der Waals surface area contributed by atoms with Crippen LogP contribution < -0.4 is 5.73 Å². The number of nitrogens with zero attached hydrogens (tertiary/aromatic N) is 2. The van der Waals surface area contributed by atoms with Crippen LogP contribution in [0.25, 0.3) is 0 Å². The van der Waals surface area contributed by atoms with Gasteiger partial charge in [0.2, 0.25) is 0 Å². The van der Waals surface area contributed by atoms with E-state index in [4.69, 9.17) is 5.73 Å². The molecule has 1 saturated carbocycles. The van der Waals surface area contributed by atoms with Gasteiger partial charge in [-0.1, -0.05) is 6.07 Å². The maximum Gasteiger partial charge on any atom is 0.0364 e. The van der Waals surface area contributed by atoms with Crippen LogP contribution in [0.2, 0.25) is 0 Å². The molecule has 1 aliphatic heterocycles. The van der Waals surface area contributed by atoms with Gasteiger partial charge in [-0.25, -0.2) is 0 Å². The van der Waals surface area contributed by atoms with E-state index in [0.29, 0.717) is 11.5 Å². The molecule has 1 aromatic heterocycles. The van der Waals surface area contributed by atoms with Crippen molar-refractivity contribution < 1.29 is 0 Å². The first kappa shape index (κ1) is 12.1. The summed E-state index contributed by atoms with van der Waals surface area (Å²) in [5, 5.41) is 0. The lowest BCUT2D eigenvalue weighted by Gasteiger charge is -2.29. The van der Waals surface area contributed by atoms with Crippen molar-refractivity contribution in [2.75, 3.05) is 19.6 Å². The van der Waals surface area contributed by atoms with Gasteiger partial charge < -0.3 is 5.73 Å². The number of likely N-dealkylation sites (tertiary alicyclic amines) is 1. The van der Waals surface area contributed by atoms with Crippen molar-refractivity contribution in [2.24, 2.45) is 11.1 Å². The lowest BCUT2D eigenvalue weighted by molar-refractivity contribution is 0.199. The maximum absolute atomic E-state index is 5.75. The van der Waals surface area contributed by atoms with Crippen LogP contribution in [0.1, 0.15) is 43.7 Å². The predicted octanol–water partition coefficient (Wildman–Crippen LogP) is 2.35. The van der Waals surface area contributed by atoms with Gasteiger partial charge in [-0.3, -0.25) is 9.88 Å². The number of nitrogens with two attached hydrogens (primary N) is 1. The summed E-state index contributed by atoms with van der Waals surface area (Å²) in [6, 6.07) is 4.87. The molecule has 0 spiro atoms. The molecular formula is C15H23N3. The van der Waals surface area contributed by atoms with E-state index < -0.39 is 0 Å². The molecule has 0 aromatic carbocycles. The largest absolute Gasteiger partial charge is 0.330 e. The van der Waals surface area contributed by atoms with E-state index in [1.807, 2.05) is 12.4 Å². The standard InChI is InChI=1S/C15H23N3/c16-8-7-15(5-6-15)12-18-10-2-4-14(18)13-3-1-9-17-11-13/h1,3,9,11,14H,2,4-8,10,12,16H2. The number of aromatic nitrogens is 1. The fourth-order valence-electron chi connectivity index (χ4n) is 3.37. The molecule has 2 fully saturated rings. The Balaban J connectivity index is 1.68. The molecule has 3 nitrogen and oxygen atoms in total. The van der Waals surface area contributed by atoms with E-state index in [9.17, 15) is 0 Å². The van der Waals surface area contributed by atoms with Gasteiger partial charge in [-0.15, -0.1) is 0 Å². The van der Waals surface area contributed by atoms with Gasteiger partial charge in [0.15, 0.2) is 0 Å². The quantitative estimate of drug-likeness (QED) is 0.866. The fraction of sp³-hybridized carbons (Fsp3) is 0.667. The molecule has 3 rings (SSSR count). The molecule has 2 heterocycles. The molecule has 0 radical (unpaired) electrons. The Hall–Kier alpha value is -0.930. The minimum absolute atomic E-state index is 0.555. The lowest BCUT2D eigenvalue weighted by Crippen LogP contribution is -2.31. The minimum atomic E-state index is 0.555. The van der Waals surface area contributed by atoms with Crippen LogP contribution in [-0.4, -0.2) is 29.5 Å². The summed E-state index contributed by atoms with van der Waals surface area (Å²) >= 11 is 0. The maximum atomic E-state index is 5.75. The summed E-state index contributed by atoms with van der Waals surface area (Å²) in [6.45, 7) is 3.32. The van der Waals surface area contributed by atoms with Crippen LogP contribution in [0.15, 0.2) is 24.5 Å². The van der Waals surface area contributed by atoms with Crippen LogP contribution in [0.3, 0.4) is 0 Å². The second-order valence-corrected chi connectivity index (χ2v) is 5.95. The summed E-state index contributed by atoms with van der Waals surface area (Å²) in [5.41, 5.74) is 7.69. The molecule has 1 aromatic rings. The van der Waals surface area contributed by atoms with Crippen molar-refractivity contribution in [1.82, 2.24) is 9.88 Å². The summed E-state index contributed by atoms with van der Waals surface area (Å²) in [6.07, 6.45) is 10.4. The number of rotatable bonds is 5. The second kappa shape index (κ2) is 4.98. The lowest BCUT2D eigenvalue weighted by atomic mass is 10.00. The SMILES string of the molecule is NCCC1(CN2CCCC2c2cccnc2)CC1. The molecule has 2 N–H and O–H groups in total. The third-order valence-electron chi connectivity index (χ3n) is 4.60. The first-order valence-electron chi connectivity index (χ1n) is 7.17. The molecule has 0 amide bonds. The van der Waals surface area contributed by atoms with Gasteiger partial charge in [0.1, 0.15) is 0 Å². The van der Waals surface area contributed by atoms with Gasteiger partial charge in [-0.2, -0.15) is 0 Å². The zero-order chi connectivity index (χ0) is 12.4. The van der Waals surface area contributed by atoms with Crippen molar-refractivity contribution in [3.05, 3.63) is 30.1 Å². The highest BCUT2D eigenvalue weighted by Crippen LogP contribution is 2.50. The molecule has 0 bridgehead atoms. The minimum Gasteiger partial charge on any atom is -0.330 e. The third kappa shape index (κ3) is 2.43. The molecule has 2 aliphatic rings. The predicted molar refractivity (Wildman–Crippen MR) is 73.1 cm³/mol. The van der Waals surface area contributed by atoms with Gasteiger partial charge in [0.05, 0.1) is 0 Å².